The number of nitrogens with two attached hydrogens (primary N) is 1. The van der Waals surface area contributed by atoms with Gasteiger partial charge in [-0.15, -0.1) is 0 Å². The summed E-state index contributed by atoms with van der Waals surface area (Å²) >= 11 is 0. The number of hydrogen-bond acceptors (Lipinski definition) is 3. The molecule has 1 fully saturated rings. The lowest BCUT2D eigenvalue weighted by molar-refractivity contribution is 0.257. The number of nitrogens with one attached hydrogen (secondary N) is 1. The smallest absolute Gasteiger partial charge is 0.0443 e. The second-order valence-electron chi connectivity index (χ2n) is 5.33. The summed E-state index contributed by atoms with van der Waals surface area (Å²) in [6.45, 7) is 6.46. The lowest BCUT2D eigenvalue weighted by Gasteiger charge is -2.31. The molecule has 84 valence electrons. The molecule has 0 heterocycles. The molecule has 1 unspecified atom stereocenters. The predicted molar refractivity (Wildman–Crippen MR) is 59.1 cm³/mol. The fourth-order valence-corrected chi connectivity index (χ4v) is 2.50. The molecule has 14 heavy (non-hydrogen) atoms. The standard InChI is InChI=1S/C11H24N2O/c1-10(2)4-5-11(8-10,9-12)13-6-3-7-14/h13-14H,3-9,12H2,1-2H3. The molecule has 0 aromatic rings. The van der Waals surface area contributed by atoms with E-state index in [0.717, 1.165) is 19.4 Å². The molecular formula is C11H24N2O. The molecule has 3 heteroatoms. The van der Waals surface area contributed by atoms with Crippen molar-refractivity contribution in [2.24, 2.45) is 11.1 Å². The lowest BCUT2D eigenvalue weighted by atomic mass is 9.87. The topological polar surface area (TPSA) is 58.3 Å². The Morgan fingerprint density at radius 2 is 2.07 bits per heavy atom. The Morgan fingerprint density at radius 1 is 1.36 bits per heavy atom. The van der Waals surface area contributed by atoms with Crippen LogP contribution in [0, 0.1) is 5.41 Å². The van der Waals surface area contributed by atoms with E-state index in [1.54, 1.807) is 0 Å². The zero-order valence-electron chi connectivity index (χ0n) is 9.47. The van der Waals surface area contributed by atoms with Crippen molar-refractivity contribution in [1.29, 1.82) is 0 Å². The minimum atomic E-state index is 0.138. The van der Waals surface area contributed by atoms with Crippen molar-refractivity contribution in [3.63, 3.8) is 0 Å². The number of aliphatic hydroxyl groups excluding tert-OH is 1. The highest BCUT2D eigenvalue weighted by Gasteiger charge is 2.41. The summed E-state index contributed by atoms with van der Waals surface area (Å²) in [6, 6.07) is 0. The number of aliphatic hydroxyl groups is 1. The zero-order valence-corrected chi connectivity index (χ0v) is 9.47. The summed E-state index contributed by atoms with van der Waals surface area (Å²) in [4.78, 5) is 0. The quantitative estimate of drug-likeness (QED) is 0.577. The average molecular weight is 200 g/mol. The Bertz CT molecular complexity index is 182. The first-order valence-corrected chi connectivity index (χ1v) is 5.60. The summed E-state index contributed by atoms with van der Waals surface area (Å²) in [5.41, 5.74) is 6.41. The SMILES string of the molecule is CC1(C)CCC(CN)(NCCCO)C1. The highest BCUT2D eigenvalue weighted by atomic mass is 16.3. The molecule has 0 amide bonds. The predicted octanol–water partition coefficient (Wildman–Crippen LogP) is 0.866. The van der Waals surface area contributed by atoms with E-state index < -0.39 is 0 Å². The Morgan fingerprint density at radius 3 is 2.50 bits per heavy atom. The largest absolute Gasteiger partial charge is 0.396 e. The van der Waals surface area contributed by atoms with Gasteiger partial charge in [0.15, 0.2) is 0 Å². The third kappa shape index (κ3) is 2.94. The van der Waals surface area contributed by atoms with Crippen molar-refractivity contribution in [1.82, 2.24) is 5.32 Å². The Kier molecular flexibility index (Phi) is 3.93. The number of hydrogen-bond donors (Lipinski definition) is 3. The van der Waals surface area contributed by atoms with Crippen LogP contribution in [0.15, 0.2) is 0 Å². The van der Waals surface area contributed by atoms with Crippen LogP contribution < -0.4 is 11.1 Å². The maximum absolute atomic E-state index is 8.73. The minimum absolute atomic E-state index is 0.138. The van der Waals surface area contributed by atoms with E-state index in [2.05, 4.69) is 19.2 Å². The molecule has 0 aromatic carbocycles. The summed E-state index contributed by atoms with van der Waals surface area (Å²) in [7, 11) is 0. The van der Waals surface area contributed by atoms with Crippen LogP contribution in [0.5, 0.6) is 0 Å². The van der Waals surface area contributed by atoms with Gasteiger partial charge < -0.3 is 16.2 Å². The van der Waals surface area contributed by atoms with Crippen LogP contribution in [-0.2, 0) is 0 Å². The van der Waals surface area contributed by atoms with E-state index in [0.29, 0.717) is 12.0 Å². The summed E-state index contributed by atoms with van der Waals surface area (Å²) in [5, 5.41) is 12.2. The van der Waals surface area contributed by atoms with Gasteiger partial charge in [0, 0.05) is 18.7 Å². The fourth-order valence-electron chi connectivity index (χ4n) is 2.50. The van der Waals surface area contributed by atoms with Gasteiger partial charge in [-0.1, -0.05) is 13.8 Å². The van der Waals surface area contributed by atoms with Gasteiger partial charge >= 0.3 is 0 Å². The molecule has 1 aliphatic rings. The normalized spacial score (nSPS) is 30.9. The van der Waals surface area contributed by atoms with Crippen molar-refractivity contribution in [2.45, 2.75) is 45.1 Å². The summed E-state index contributed by atoms with van der Waals surface area (Å²) in [5.74, 6) is 0. The summed E-state index contributed by atoms with van der Waals surface area (Å²) in [6.07, 6.45) is 4.39. The van der Waals surface area contributed by atoms with Crippen molar-refractivity contribution < 1.29 is 5.11 Å². The Hall–Kier alpha value is -0.120. The molecule has 0 radical (unpaired) electrons. The minimum Gasteiger partial charge on any atom is -0.396 e. The molecule has 1 aliphatic carbocycles. The van der Waals surface area contributed by atoms with Gasteiger partial charge in [0.25, 0.3) is 0 Å². The molecule has 0 spiro atoms. The molecular weight excluding hydrogens is 176 g/mol. The maximum Gasteiger partial charge on any atom is 0.0443 e. The fraction of sp³-hybridized carbons (Fsp3) is 1.00. The molecule has 1 saturated carbocycles. The Labute approximate surface area is 87.1 Å². The van der Waals surface area contributed by atoms with Gasteiger partial charge in [-0.25, -0.2) is 0 Å². The Balaban J connectivity index is 2.44. The van der Waals surface area contributed by atoms with Gasteiger partial charge in [-0.05, 0) is 37.6 Å². The monoisotopic (exact) mass is 200 g/mol. The van der Waals surface area contributed by atoms with E-state index in [-0.39, 0.29) is 12.1 Å². The highest BCUT2D eigenvalue weighted by molar-refractivity contribution is 5.00. The molecule has 0 aromatic heterocycles. The van der Waals surface area contributed by atoms with Crippen molar-refractivity contribution >= 4 is 0 Å². The molecule has 1 atom stereocenters. The first kappa shape index (κ1) is 12.0. The van der Waals surface area contributed by atoms with Crippen LogP contribution in [0.1, 0.15) is 39.5 Å². The molecule has 4 N–H and O–H groups in total. The van der Waals surface area contributed by atoms with Crippen LogP contribution in [0.2, 0.25) is 0 Å². The van der Waals surface area contributed by atoms with Crippen LogP contribution in [0.25, 0.3) is 0 Å². The molecule has 0 saturated heterocycles. The van der Waals surface area contributed by atoms with Gasteiger partial charge in [0.05, 0.1) is 0 Å². The van der Waals surface area contributed by atoms with Crippen LogP contribution in [0.4, 0.5) is 0 Å². The van der Waals surface area contributed by atoms with Gasteiger partial charge in [-0.3, -0.25) is 0 Å². The molecule has 1 rings (SSSR count). The van der Waals surface area contributed by atoms with Gasteiger partial charge in [-0.2, -0.15) is 0 Å². The van der Waals surface area contributed by atoms with Gasteiger partial charge in [0.2, 0.25) is 0 Å². The van der Waals surface area contributed by atoms with Gasteiger partial charge in [0.1, 0.15) is 0 Å². The van der Waals surface area contributed by atoms with Crippen LogP contribution in [0.3, 0.4) is 0 Å². The van der Waals surface area contributed by atoms with E-state index in [4.69, 9.17) is 10.8 Å². The zero-order chi connectivity index (χ0) is 10.7. The highest BCUT2D eigenvalue weighted by Crippen LogP contribution is 2.42. The van der Waals surface area contributed by atoms with Crippen LogP contribution >= 0.6 is 0 Å². The third-order valence-electron chi connectivity index (χ3n) is 3.32. The third-order valence-corrected chi connectivity index (χ3v) is 3.32. The molecule has 0 aliphatic heterocycles. The van der Waals surface area contributed by atoms with E-state index in [9.17, 15) is 0 Å². The van der Waals surface area contributed by atoms with Crippen LogP contribution in [-0.4, -0.2) is 30.3 Å². The first-order chi connectivity index (χ1) is 6.54. The molecule has 3 nitrogen and oxygen atoms in total. The van der Waals surface area contributed by atoms with Crippen molar-refractivity contribution in [3.05, 3.63) is 0 Å². The summed E-state index contributed by atoms with van der Waals surface area (Å²) < 4.78 is 0. The molecule has 0 bridgehead atoms. The second-order valence-corrected chi connectivity index (χ2v) is 5.33. The van der Waals surface area contributed by atoms with E-state index in [1.807, 2.05) is 0 Å². The average Bonchev–Trinajstić information content (AvgIpc) is 2.44. The van der Waals surface area contributed by atoms with E-state index in [1.165, 1.54) is 12.8 Å². The van der Waals surface area contributed by atoms with Crippen molar-refractivity contribution in [2.75, 3.05) is 19.7 Å². The van der Waals surface area contributed by atoms with E-state index >= 15 is 0 Å². The lowest BCUT2D eigenvalue weighted by Crippen LogP contribution is -2.50. The number of rotatable bonds is 5. The first-order valence-electron chi connectivity index (χ1n) is 5.60. The van der Waals surface area contributed by atoms with Crippen molar-refractivity contribution in [3.8, 4) is 0 Å². The maximum atomic E-state index is 8.73. The second kappa shape index (κ2) is 4.60.